The van der Waals surface area contributed by atoms with Crippen LogP contribution in [0.5, 0.6) is 0 Å². The first-order chi connectivity index (χ1) is 12.6. The van der Waals surface area contributed by atoms with E-state index in [4.69, 9.17) is 0 Å². The highest BCUT2D eigenvalue weighted by Gasteiger charge is 2.42. The Kier molecular flexibility index (Phi) is 7.36. The molecule has 0 aromatic heterocycles. The highest BCUT2D eigenvalue weighted by molar-refractivity contribution is 5.85. The molecule has 0 radical (unpaired) electrons. The Morgan fingerprint density at radius 2 is 1.93 bits per heavy atom. The number of likely N-dealkylation sites (tertiary alicyclic amines) is 1. The third-order valence-corrected chi connectivity index (χ3v) is 5.57. The lowest BCUT2D eigenvalue weighted by molar-refractivity contribution is -0.143. The second kappa shape index (κ2) is 9.12. The Labute approximate surface area is 159 Å². The molecule has 2 rings (SSSR count). The van der Waals surface area contributed by atoms with Crippen molar-refractivity contribution in [3.05, 3.63) is 0 Å². The summed E-state index contributed by atoms with van der Waals surface area (Å²) in [7, 11) is 5.22. The minimum atomic E-state index is -4.14. The third kappa shape index (κ3) is 6.26. The van der Waals surface area contributed by atoms with Crippen molar-refractivity contribution in [1.82, 2.24) is 20.4 Å². The predicted octanol–water partition coefficient (Wildman–Crippen LogP) is 1.68. The fourth-order valence-corrected chi connectivity index (χ4v) is 4.18. The molecule has 2 N–H and O–H groups in total. The fraction of sp³-hybridized carbons (Fsp3) is 0.889. The molecule has 1 atom stereocenters. The number of nitrogens with one attached hydrogen (secondary N) is 2. The van der Waals surface area contributed by atoms with E-state index in [0.717, 1.165) is 32.1 Å². The molecule has 0 bridgehead atoms. The molecule has 27 heavy (non-hydrogen) atoms. The van der Waals surface area contributed by atoms with Crippen LogP contribution in [-0.4, -0.2) is 81.7 Å². The van der Waals surface area contributed by atoms with Crippen LogP contribution in [0.2, 0.25) is 0 Å². The van der Waals surface area contributed by atoms with Gasteiger partial charge in [0.25, 0.3) is 0 Å². The number of carbonyl (C=O) groups is 1. The molecule has 9 heteroatoms. The second-order valence-electron chi connectivity index (χ2n) is 8.00. The van der Waals surface area contributed by atoms with E-state index in [1.807, 2.05) is 0 Å². The number of hydrogen-bond acceptors (Lipinski definition) is 3. The van der Waals surface area contributed by atoms with Crippen LogP contribution in [0, 0.1) is 11.3 Å². The minimum Gasteiger partial charge on any atom is -0.356 e. The summed E-state index contributed by atoms with van der Waals surface area (Å²) in [6.07, 6.45) is 0.415. The van der Waals surface area contributed by atoms with Gasteiger partial charge in [0, 0.05) is 40.8 Å². The van der Waals surface area contributed by atoms with Gasteiger partial charge in [0.2, 0.25) is 5.91 Å². The largest absolute Gasteiger partial charge is 0.401 e. The smallest absolute Gasteiger partial charge is 0.356 e. The van der Waals surface area contributed by atoms with E-state index in [1.165, 1.54) is 4.90 Å². The Bertz CT molecular complexity index is 530. The van der Waals surface area contributed by atoms with Gasteiger partial charge in [-0.05, 0) is 31.7 Å². The number of halogens is 3. The topological polar surface area (TPSA) is 60.0 Å². The van der Waals surface area contributed by atoms with E-state index in [9.17, 15) is 18.0 Å². The SMILES string of the molecule is CN=C(NCC1CCN(CC(F)(F)F)C1)NCC1(C(=O)N(C)C)CCCC1. The molecule has 1 saturated heterocycles. The molecule has 1 amide bonds. The van der Waals surface area contributed by atoms with Crippen LogP contribution in [-0.2, 0) is 4.79 Å². The molecule has 1 aliphatic carbocycles. The van der Waals surface area contributed by atoms with Crippen LogP contribution in [0.1, 0.15) is 32.1 Å². The van der Waals surface area contributed by atoms with Crippen LogP contribution in [0.25, 0.3) is 0 Å². The van der Waals surface area contributed by atoms with E-state index >= 15 is 0 Å². The van der Waals surface area contributed by atoms with E-state index in [-0.39, 0.29) is 11.8 Å². The van der Waals surface area contributed by atoms with Crippen molar-refractivity contribution in [2.75, 3.05) is 53.9 Å². The molecule has 6 nitrogen and oxygen atoms in total. The summed E-state index contributed by atoms with van der Waals surface area (Å²) in [5, 5.41) is 6.47. The lowest BCUT2D eigenvalue weighted by Crippen LogP contribution is -2.49. The molecule has 1 aliphatic heterocycles. The van der Waals surface area contributed by atoms with Gasteiger partial charge < -0.3 is 15.5 Å². The Morgan fingerprint density at radius 1 is 1.26 bits per heavy atom. The maximum atomic E-state index is 12.6. The number of guanidine groups is 1. The summed E-state index contributed by atoms with van der Waals surface area (Å²) in [5.74, 6) is 0.901. The molecule has 0 aromatic rings. The van der Waals surface area contributed by atoms with Crippen LogP contribution in [0.3, 0.4) is 0 Å². The van der Waals surface area contributed by atoms with Gasteiger partial charge in [-0.3, -0.25) is 14.7 Å². The monoisotopic (exact) mass is 391 g/mol. The molecule has 0 aromatic carbocycles. The number of amides is 1. The van der Waals surface area contributed by atoms with Crippen LogP contribution in [0.4, 0.5) is 13.2 Å². The normalized spacial score (nSPS) is 23.5. The molecule has 0 spiro atoms. The zero-order valence-corrected chi connectivity index (χ0v) is 16.5. The first kappa shape index (κ1) is 21.8. The molecule has 1 heterocycles. The van der Waals surface area contributed by atoms with Gasteiger partial charge in [0.15, 0.2) is 5.96 Å². The van der Waals surface area contributed by atoms with Crippen molar-refractivity contribution in [1.29, 1.82) is 0 Å². The van der Waals surface area contributed by atoms with Crippen molar-refractivity contribution >= 4 is 11.9 Å². The van der Waals surface area contributed by atoms with Gasteiger partial charge in [0.05, 0.1) is 12.0 Å². The highest BCUT2D eigenvalue weighted by atomic mass is 19.4. The van der Waals surface area contributed by atoms with E-state index in [2.05, 4.69) is 15.6 Å². The average molecular weight is 391 g/mol. The first-order valence-electron chi connectivity index (χ1n) is 9.60. The van der Waals surface area contributed by atoms with Crippen molar-refractivity contribution in [3.63, 3.8) is 0 Å². The summed E-state index contributed by atoms with van der Waals surface area (Å²) in [6, 6.07) is 0. The molecular weight excluding hydrogens is 359 g/mol. The maximum absolute atomic E-state index is 12.6. The zero-order valence-electron chi connectivity index (χ0n) is 16.5. The minimum absolute atomic E-state index is 0.140. The van der Waals surface area contributed by atoms with E-state index < -0.39 is 18.1 Å². The number of nitrogens with zero attached hydrogens (tertiary/aromatic N) is 3. The van der Waals surface area contributed by atoms with Gasteiger partial charge >= 0.3 is 6.18 Å². The van der Waals surface area contributed by atoms with Gasteiger partial charge in [-0.2, -0.15) is 13.2 Å². The number of hydrogen-bond donors (Lipinski definition) is 2. The quantitative estimate of drug-likeness (QED) is 0.534. The molecule has 156 valence electrons. The van der Waals surface area contributed by atoms with Crippen LogP contribution in [0.15, 0.2) is 4.99 Å². The number of aliphatic imine (C=N–C) groups is 1. The lowest BCUT2D eigenvalue weighted by Gasteiger charge is -2.31. The molecule has 1 unspecified atom stereocenters. The van der Waals surface area contributed by atoms with Crippen molar-refractivity contribution in [3.8, 4) is 0 Å². The summed E-state index contributed by atoms with van der Waals surface area (Å²) in [5.41, 5.74) is -0.391. The van der Waals surface area contributed by atoms with Crippen molar-refractivity contribution < 1.29 is 18.0 Å². The average Bonchev–Trinajstić information content (AvgIpc) is 3.23. The van der Waals surface area contributed by atoms with Crippen LogP contribution >= 0.6 is 0 Å². The van der Waals surface area contributed by atoms with E-state index in [1.54, 1.807) is 26.0 Å². The Balaban J connectivity index is 1.80. The highest BCUT2D eigenvalue weighted by Crippen LogP contribution is 2.38. The Morgan fingerprint density at radius 3 is 2.48 bits per heavy atom. The maximum Gasteiger partial charge on any atom is 0.401 e. The molecular formula is C18H32F3N5O. The van der Waals surface area contributed by atoms with Gasteiger partial charge in [0.1, 0.15) is 0 Å². The standard InChI is InChI=1S/C18H32F3N5O/c1-22-16(23-10-14-6-9-26(11-14)13-18(19,20)21)24-12-17(7-4-5-8-17)15(27)25(2)3/h14H,4-13H2,1-3H3,(H2,22,23,24). The number of alkyl halides is 3. The van der Waals surface area contributed by atoms with E-state index in [0.29, 0.717) is 32.1 Å². The second-order valence-corrected chi connectivity index (χ2v) is 8.00. The lowest BCUT2D eigenvalue weighted by atomic mass is 9.84. The van der Waals surface area contributed by atoms with Crippen LogP contribution < -0.4 is 10.6 Å². The predicted molar refractivity (Wildman–Crippen MR) is 99.6 cm³/mol. The van der Waals surface area contributed by atoms with Crippen molar-refractivity contribution in [2.24, 2.45) is 16.3 Å². The van der Waals surface area contributed by atoms with Gasteiger partial charge in [-0.1, -0.05) is 12.8 Å². The summed E-state index contributed by atoms with van der Waals surface area (Å²) < 4.78 is 37.5. The van der Waals surface area contributed by atoms with Gasteiger partial charge in [-0.15, -0.1) is 0 Å². The van der Waals surface area contributed by atoms with Crippen molar-refractivity contribution in [2.45, 2.75) is 38.3 Å². The fourth-order valence-electron chi connectivity index (χ4n) is 4.18. The van der Waals surface area contributed by atoms with Gasteiger partial charge in [-0.25, -0.2) is 0 Å². The molecule has 1 saturated carbocycles. The third-order valence-electron chi connectivity index (χ3n) is 5.57. The summed E-state index contributed by atoms with van der Waals surface area (Å²) >= 11 is 0. The summed E-state index contributed by atoms with van der Waals surface area (Å²) in [6.45, 7) is 1.16. The zero-order chi connectivity index (χ0) is 20.1. The molecule has 2 fully saturated rings. The number of carbonyl (C=O) groups excluding carboxylic acids is 1. The summed E-state index contributed by atoms with van der Waals surface area (Å²) in [4.78, 5) is 19.9. The first-order valence-corrected chi connectivity index (χ1v) is 9.60. The Hall–Kier alpha value is -1.51. The number of rotatable bonds is 6. The molecule has 2 aliphatic rings.